The number of hydrogen-bond acceptors (Lipinski definition) is 7. The van der Waals surface area contributed by atoms with Crippen LogP contribution in [0.4, 0.5) is 5.69 Å². The summed E-state index contributed by atoms with van der Waals surface area (Å²) in [6.45, 7) is 6.56. The van der Waals surface area contributed by atoms with Crippen LogP contribution in [0.15, 0.2) is 39.8 Å². The number of carbonyl (C=O) groups excluding carboxylic acids is 2. The van der Waals surface area contributed by atoms with Gasteiger partial charge in [0.15, 0.2) is 23.3 Å². The van der Waals surface area contributed by atoms with Gasteiger partial charge in [-0.25, -0.2) is 0 Å². The second-order valence-electron chi connectivity index (χ2n) is 9.83. The number of anilines is 1. The second kappa shape index (κ2) is 12.6. The number of likely N-dealkylation sites (tertiary alicyclic amines) is 2. The number of nitrogens with two attached hydrogens (primary N) is 2. The zero-order valence-corrected chi connectivity index (χ0v) is 21.5. The quantitative estimate of drug-likeness (QED) is 0.169. The molecule has 4 rings (SSSR count). The maximum atomic E-state index is 11.9. The van der Waals surface area contributed by atoms with Gasteiger partial charge in [0, 0.05) is 39.6 Å². The van der Waals surface area contributed by atoms with Gasteiger partial charge in [0.25, 0.3) is 0 Å². The highest BCUT2D eigenvalue weighted by atomic mass is 16.5. The number of nitrogens with one attached hydrogen (secondary N) is 2. The first-order valence-electron chi connectivity index (χ1n) is 13.0. The molecule has 3 aliphatic heterocycles. The lowest BCUT2D eigenvalue weighted by Crippen LogP contribution is -2.36. The van der Waals surface area contributed by atoms with E-state index in [9.17, 15) is 9.59 Å². The molecule has 2 saturated heterocycles. The van der Waals surface area contributed by atoms with E-state index in [1.165, 1.54) is 12.5 Å². The van der Waals surface area contributed by atoms with E-state index in [0.29, 0.717) is 29.8 Å². The van der Waals surface area contributed by atoms with Gasteiger partial charge in [-0.1, -0.05) is 6.07 Å². The molecular weight excluding hydrogens is 472 g/mol. The van der Waals surface area contributed by atoms with Crippen LogP contribution in [0.5, 0.6) is 5.75 Å². The van der Waals surface area contributed by atoms with E-state index in [4.69, 9.17) is 21.2 Å². The molecule has 3 aliphatic rings. The van der Waals surface area contributed by atoms with Gasteiger partial charge in [0.2, 0.25) is 12.3 Å². The van der Waals surface area contributed by atoms with Gasteiger partial charge in [-0.05, 0) is 62.3 Å². The number of piperidine rings is 2. The fourth-order valence-corrected chi connectivity index (χ4v) is 5.02. The molecule has 2 amide bonds. The Morgan fingerprint density at radius 1 is 1.19 bits per heavy atom. The van der Waals surface area contributed by atoms with Crippen molar-refractivity contribution in [2.45, 2.75) is 51.0 Å². The Kier molecular flexibility index (Phi) is 8.99. The molecule has 2 fully saturated rings. The molecular formula is C26H38N8O3. The minimum Gasteiger partial charge on any atom is -0.450 e. The highest BCUT2D eigenvalue weighted by Crippen LogP contribution is 2.37. The predicted molar refractivity (Wildman–Crippen MR) is 144 cm³/mol. The number of aliphatic imine (C=N–C) groups is 2. The van der Waals surface area contributed by atoms with Crippen LogP contribution in [-0.4, -0.2) is 79.6 Å². The Labute approximate surface area is 218 Å². The van der Waals surface area contributed by atoms with E-state index in [1.807, 2.05) is 11.0 Å². The molecule has 200 valence electrons. The van der Waals surface area contributed by atoms with E-state index in [1.54, 1.807) is 6.21 Å². The summed E-state index contributed by atoms with van der Waals surface area (Å²) in [5, 5.41) is 6.19. The highest BCUT2D eigenvalue weighted by Gasteiger charge is 2.24. The third kappa shape index (κ3) is 7.45. The Hall–Kier alpha value is -3.60. The Balaban J connectivity index is 1.36. The SMILES string of the molecule is CC(=O)NC1=C(C=NC2CCN(CCCN=C(N)N)CC2)Oc2ccc(C3CCN(C=O)CC3)cc2N1. The van der Waals surface area contributed by atoms with E-state index < -0.39 is 0 Å². The minimum atomic E-state index is -0.188. The van der Waals surface area contributed by atoms with Crippen LogP contribution < -0.4 is 26.8 Å². The Morgan fingerprint density at radius 3 is 2.62 bits per heavy atom. The fourth-order valence-electron chi connectivity index (χ4n) is 5.02. The van der Waals surface area contributed by atoms with Crippen molar-refractivity contribution in [2.24, 2.45) is 21.5 Å². The molecule has 0 aliphatic carbocycles. The first-order chi connectivity index (χ1) is 17.9. The number of guanidine groups is 1. The smallest absolute Gasteiger partial charge is 0.222 e. The molecule has 11 heteroatoms. The van der Waals surface area contributed by atoms with Crippen molar-refractivity contribution >= 4 is 30.2 Å². The number of ether oxygens (including phenoxy) is 1. The molecule has 1 aromatic carbocycles. The van der Waals surface area contributed by atoms with Crippen LogP contribution in [-0.2, 0) is 9.59 Å². The third-order valence-corrected chi connectivity index (χ3v) is 7.07. The standard InChI is InChI=1S/C26H38N8O3/c1-18(36)31-25-24(16-30-21-7-13-33(14-8-21)10-2-9-29-26(27)28)37-23-4-3-20(15-22(23)32-25)19-5-11-34(17-35)12-6-19/h3-4,15-17,19,21,32H,2,5-14H2,1H3,(H,31,36)(H4,27,28,29). The molecule has 0 atom stereocenters. The van der Waals surface area contributed by atoms with Gasteiger partial charge < -0.3 is 36.6 Å². The lowest BCUT2D eigenvalue weighted by molar-refractivity contribution is -0.119. The van der Waals surface area contributed by atoms with Crippen LogP contribution in [0, 0.1) is 0 Å². The van der Waals surface area contributed by atoms with Crippen LogP contribution in [0.3, 0.4) is 0 Å². The molecule has 0 radical (unpaired) electrons. The average molecular weight is 511 g/mol. The average Bonchev–Trinajstić information content (AvgIpc) is 2.90. The van der Waals surface area contributed by atoms with Crippen LogP contribution in [0.25, 0.3) is 0 Å². The fraction of sp³-hybridized carbons (Fsp3) is 0.538. The molecule has 11 nitrogen and oxygen atoms in total. The summed E-state index contributed by atoms with van der Waals surface area (Å²) in [6, 6.07) is 6.32. The second-order valence-corrected chi connectivity index (χ2v) is 9.83. The first-order valence-corrected chi connectivity index (χ1v) is 13.0. The summed E-state index contributed by atoms with van der Waals surface area (Å²) in [6.07, 6.45) is 7.35. The van der Waals surface area contributed by atoms with E-state index >= 15 is 0 Å². The summed E-state index contributed by atoms with van der Waals surface area (Å²) >= 11 is 0. The van der Waals surface area contributed by atoms with E-state index in [2.05, 4.69) is 32.7 Å². The maximum absolute atomic E-state index is 11.9. The number of nitrogens with zero attached hydrogens (tertiary/aromatic N) is 4. The van der Waals surface area contributed by atoms with Gasteiger partial charge in [0.1, 0.15) is 0 Å². The van der Waals surface area contributed by atoms with Gasteiger partial charge >= 0.3 is 0 Å². The van der Waals surface area contributed by atoms with Crippen molar-refractivity contribution in [3.05, 3.63) is 35.3 Å². The van der Waals surface area contributed by atoms with Crippen molar-refractivity contribution in [1.82, 2.24) is 15.1 Å². The lowest BCUT2D eigenvalue weighted by Gasteiger charge is -2.31. The zero-order chi connectivity index (χ0) is 26.2. The number of fused-ring (bicyclic) bond motifs is 1. The molecule has 37 heavy (non-hydrogen) atoms. The summed E-state index contributed by atoms with van der Waals surface area (Å²) in [5.74, 6) is 2.02. The number of rotatable bonds is 9. The molecule has 6 N–H and O–H groups in total. The van der Waals surface area contributed by atoms with Gasteiger partial charge in [-0.15, -0.1) is 0 Å². The molecule has 1 aromatic rings. The van der Waals surface area contributed by atoms with Crippen molar-refractivity contribution < 1.29 is 14.3 Å². The van der Waals surface area contributed by atoms with Gasteiger partial charge in [-0.3, -0.25) is 19.6 Å². The summed E-state index contributed by atoms with van der Waals surface area (Å²) in [7, 11) is 0. The first kappa shape index (κ1) is 26.5. The van der Waals surface area contributed by atoms with Crippen molar-refractivity contribution in [1.29, 1.82) is 0 Å². The number of allylic oxidation sites excluding steroid dienone is 1. The van der Waals surface area contributed by atoms with Crippen molar-refractivity contribution in [3.8, 4) is 5.75 Å². The van der Waals surface area contributed by atoms with E-state index in [-0.39, 0.29) is 17.9 Å². The highest BCUT2D eigenvalue weighted by molar-refractivity contribution is 5.85. The Bertz CT molecular complexity index is 1050. The van der Waals surface area contributed by atoms with Crippen LogP contribution in [0.2, 0.25) is 0 Å². The molecule has 0 saturated carbocycles. The van der Waals surface area contributed by atoms with Crippen molar-refractivity contribution in [3.63, 3.8) is 0 Å². The molecule has 0 aromatic heterocycles. The van der Waals surface area contributed by atoms with Gasteiger partial charge in [0.05, 0.1) is 17.9 Å². The summed E-state index contributed by atoms with van der Waals surface area (Å²) in [5.41, 5.74) is 12.8. The molecule has 0 unspecified atom stereocenters. The summed E-state index contributed by atoms with van der Waals surface area (Å²) < 4.78 is 6.17. The monoisotopic (exact) mass is 510 g/mol. The normalized spacial score (nSPS) is 19.2. The predicted octanol–water partition coefficient (Wildman–Crippen LogP) is 1.33. The maximum Gasteiger partial charge on any atom is 0.222 e. The van der Waals surface area contributed by atoms with Crippen LogP contribution in [0.1, 0.15) is 50.5 Å². The minimum absolute atomic E-state index is 0.139. The third-order valence-electron chi connectivity index (χ3n) is 7.07. The Morgan fingerprint density at radius 2 is 1.95 bits per heavy atom. The lowest BCUT2D eigenvalue weighted by atomic mass is 9.89. The molecule has 0 spiro atoms. The molecule has 0 bridgehead atoms. The number of carbonyl (C=O) groups is 2. The largest absolute Gasteiger partial charge is 0.450 e. The summed E-state index contributed by atoms with van der Waals surface area (Å²) in [4.78, 5) is 36.0. The van der Waals surface area contributed by atoms with Crippen molar-refractivity contribution in [2.75, 3.05) is 44.6 Å². The number of benzene rings is 1. The van der Waals surface area contributed by atoms with Crippen LogP contribution >= 0.6 is 0 Å². The van der Waals surface area contributed by atoms with Gasteiger partial charge in [-0.2, -0.15) is 0 Å². The molecule has 3 heterocycles. The number of hydrogen-bond donors (Lipinski definition) is 4. The zero-order valence-electron chi connectivity index (χ0n) is 21.5. The van der Waals surface area contributed by atoms with E-state index in [0.717, 1.165) is 76.9 Å². The number of amides is 2. The topological polar surface area (TPSA) is 151 Å².